The summed E-state index contributed by atoms with van der Waals surface area (Å²) in [5.41, 5.74) is 2.79. The van der Waals surface area contributed by atoms with Crippen LogP contribution in [0.5, 0.6) is 0 Å². The molecule has 86 valence electrons. The van der Waals surface area contributed by atoms with E-state index in [1.165, 1.54) is 47.7 Å². The molecular weight excluding hydrogens is 216 g/mol. The Bertz CT molecular complexity index is 372. The minimum Gasteiger partial charge on any atom is -0.383 e. The third kappa shape index (κ3) is 2.06. The van der Waals surface area contributed by atoms with Crippen molar-refractivity contribution in [3.05, 3.63) is 23.8 Å². The Morgan fingerprint density at radius 3 is 3.06 bits per heavy atom. The Morgan fingerprint density at radius 1 is 1.19 bits per heavy atom. The number of anilines is 1. The normalized spacial score (nSPS) is 24.6. The molecular formula is C13H18N2S. The van der Waals surface area contributed by atoms with Crippen molar-refractivity contribution in [1.82, 2.24) is 5.32 Å². The second-order valence-corrected chi connectivity index (χ2v) is 5.67. The van der Waals surface area contributed by atoms with E-state index in [4.69, 9.17) is 0 Å². The van der Waals surface area contributed by atoms with Gasteiger partial charge in [0, 0.05) is 28.9 Å². The number of piperidine rings is 1. The Labute approximate surface area is 101 Å². The topological polar surface area (TPSA) is 24.1 Å². The lowest BCUT2D eigenvalue weighted by Gasteiger charge is -2.26. The van der Waals surface area contributed by atoms with Gasteiger partial charge in [-0.1, -0.05) is 12.5 Å². The molecule has 1 atom stereocenters. The first-order valence-electron chi connectivity index (χ1n) is 6.17. The molecule has 2 nitrogen and oxygen atoms in total. The van der Waals surface area contributed by atoms with E-state index in [9.17, 15) is 0 Å². The lowest BCUT2D eigenvalue weighted by atomic mass is 9.97. The van der Waals surface area contributed by atoms with E-state index < -0.39 is 0 Å². The maximum absolute atomic E-state index is 3.61. The summed E-state index contributed by atoms with van der Waals surface area (Å²) in [6.45, 7) is 2.27. The van der Waals surface area contributed by atoms with E-state index in [1.807, 2.05) is 11.8 Å². The Kier molecular flexibility index (Phi) is 3.06. The molecule has 0 bridgehead atoms. The maximum Gasteiger partial charge on any atom is 0.0482 e. The van der Waals surface area contributed by atoms with Crippen molar-refractivity contribution in [2.75, 3.05) is 24.2 Å². The molecule has 3 rings (SSSR count). The lowest BCUT2D eigenvalue weighted by Crippen LogP contribution is -2.26. The van der Waals surface area contributed by atoms with Crippen LogP contribution in [0.1, 0.15) is 30.9 Å². The first kappa shape index (κ1) is 10.5. The van der Waals surface area contributed by atoms with Crippen molar-refractivity contribution in [1.29, 1.82) is 0 Å². The number of rotatable bonds is 1. The molecule has 3 heteroatoms. The van der Waals surface area contributed by atoms with Crippen LogP contribution in [0, 0.1) is 0 Å². The highest BCUT2D eigenvalue weighted by Gasteiger charge is 2.17. The standard InChI is InChI=1S/C13H18N2S/c1-2-6-14-11(3-1)10-4-5-13-12(9-10)15-7-8-16-13/h4-5,9,11,14-15H,1-3,6-8H2. The van der Waals surface area contributed by atoms with Gasteiger partial charge >= 0.3 is 0 Å². The zero-order valence-electron chi connectivity index (χ0n) is 9.46. The Balaban J connectivity index is 1.84. The number of hydrogen-bond donors (Lipinski definition) is 2. The highest BCUT2D eigenvalue weighted by Crippen LogP contribution is 2.34. The van der Waals surface area contributed by atoms with Crippen molar-refractivity contribution >= 4 is 17.4 Å². The first-order chi connectivity index (χ1) is 7.93. The quantitative estimate of drug-likeness (QED) is 0.781. The number of hydrogen-bond acceptors (Lipinski definition) is 3. The van der Waals surface area contributed by atoms with Crippen LogP contribution in [0.15, 0.2) is 23.1 Å². The summed E-state index contributed by atoms with van der Waals surface area (Å²) < 4.78 is 0. The summed E-state index contributed by atoms with van der Waals surface area (Å²) in [5, 5.41) is 7.10. The molecule has 0 saturated carbocycles. The SMILES string of the molecule is c1cc2c(cc1C1CCCCN1)NCCS2. The van der Waals surface area contributed by atoms with Crippen LogP contribution in [0.4, 0.5) is 5.69 Å². The average Bonchev–Trinajstić information content (AvgIpc) is 2.39. The summed E-state index contributed by atoms with van der Waals surface area (Å²) in [7, 11) is 0. The van der Waals surface area contributed by atoms with E-state index >= 15 is 0 Å². The molecule has 0 aliphatic carbocycles. The summed E-state index contributed by atoms with van der Waals surface area (Å²) in [5.74, 6) is 1.19. The van der Waals surface area contributed by atoms with Crippen LogP contribution in [-0.2, 0) is 0 Å². The van der Waals surface area contributed by atoms with E-state index in [0.717, 1.165) is 6.54 Å². The van der Waals surface area contributed by atoms with Gasteiger partial charge in [0.25, 0.3) is 0 Å². The molecule has 2 heterocycles. The third-order valence-electron chi connectivity index (χ3n) is 3.39. The molecule has 2 aliphatic heterocycles. The molecule has 1 fully saturated rings. The minimum atomic E-state index is 0.577. The zero-order valence-corrected chi connectivity index (χ0v) is 10.3. The average molecular weight is 234 g/mol. The number of benzene rings is 1. The fourth-order valence-corrected chi connectivity index (χ4v) is 3.39. The molecule has 0 amide bonds. The van der Waals surface area contributed by atoms with Crippen LogP contribution in [0.25, 0.3) is 0 Å². The molecule has 16 heavy (non-hydrogen) atoms. The lowest BCUT2D eigenvalue weighted by molar-refractivity contribution is 0.412. The highest BCUT2D eigenvalue weighted by atomic mass is 32.2. The van der Waals surface area contributed by atoms with Crippen molar-refractivity contribution in [2.45, 2.75) is 30.2 Å². The first-order valence-corrected chi connectivity index (χ1v) is 7.16. The van der Waals surface area contributed by atoms with Crippen LogP contribution in [0.3, 0.4) is 0 Å². The van der Waals surface area contributed by atoms with Crippen molar-refractivity contribution in [3.63, 3.8) is 0 Å². The van der Waals surface area contributed by atoms with E-state index in [2.05, 4.69) is 28.8 Å². The monoisotopic (exact) mass is 234 g/mol. The predicted molar refractivity (Wildman–Crippen MR) is 70.3 cm³/mol. The van der Waals surface area contributed by atoms with E-state index in [-0.39, 0.29) is 0 Å². The summed E-state index contributed by atoms with van der Waals surface area (Å²) in [4.78, 5) is 1.41. The van der Waals surface area contributed by atoms with Gasteiger partial charge in [-0.25, -0.2) is 0 Å². The molecule has 1 aromatic rings. The molecule has 1 unspecified atom stereocenters. The van der Waals surface area contributed by atoms with Crippen LogP contribution < -0.4 is 10.6 Å². The predicted octanol–water partition coefficient (Wildman–Crippen LogP) is 3.02. The number of thioether (sulfide) groups is 1. The fourth-order valence-electron chi connectivity index (χ4n) is 2.51. The second-order valence-electron chi connectivity index (χ2n) is 4.53. The molecule has 1 saturated heterocycles. The third-order valence-corrected chi connectivity index (χ3v) is 4.47. The van der Waals surface area contributed by atoms with Gasteiger partial charge in [0.15, 0.2) is 0 Å². The van der Waals surface area contributed by atoms with Gasteiger partial charge in [-0.05, 0) is 37.1 Å². The fraction of sp³-hybridized carbons (Fsp3) is 0.538. The van der Waals surface area contributed by atoms with Crippen LogP contribution in [0.2, 0.25) is 0 Å². The summed E-state index contributed by atoms with van der Waals surface area (Å²) >= 11 is 1.96. The summed E-state index contributed by atoms with van der Waals surface area (Å²) in [6, 6.07) is 7.48. The zero-order chi connectivity index (χ0) is 10.8. The van der Waals surface area contributed by atoms with Crippen molar-refractivity contribution < 1.29 is 0 Å². The largest absolute Gasteiger partial charge is 0.383 e. The van der Waals surface area contributed by atoms with Crippen molar-refractivity contribution in [2.24, 2.45) is 0 Å². The Hall–Kier alpha value is -0.670. The number of fused-ring (bicyclic) bond motifs is 1. The molecule has 0 spiro atoms. The Morgan fingerprint density at radius 2 is 2.19 bits per heavy atom. The summed E-state index contributed by atoms with van der Waals surface area (Å²) in [6.07, 6.45) is 3.97. The highest BCUT2D eigenvalue weighted by molar-refractivity contribution is 7.99. The van der Waals surface area contributed by atoms with Gasteiger partial charge < -0.3 is 10.6 Å². The molecule has 0 radical (unpaired) electrons. The molecule has 2 N–H and O–H groups in total. The smallest absolute Gasteiger partial charge is 0.0482 e. The van der Waals surface area contributed by atoms with Crippen molar-refractivity contribution in [3.8, 4) is 0 Å². The number of nitrogens with one attached hydrogen (secondary N) is 2. The van der Waals surface area contributed by atoms with Crippen LogP contribution in [-0.4, -0.2) is 18.8 Å². The van der Waals surface area contributed by atoms with Gasteiger partial charge in [-0.15, -0.1) is 11.8 Å². The molecule has 2 aliphatic rings. The van der Waals surface area contributed by atoms with E-state index in [1.54, 1.807) is 0 Å². The van der Waals surface area contributed by atoms with Gasteiger partial charge in [-0.3, -0.25) is 0 Å². The van der Waals surface area contributed by atoms with Crippen LogP contribution >= 0.6 is 11.8 Å². The maximum atomic E-state index is 3.61. The van der Waals surface area contributed by atoms with Gasteiger partial charge in [0.05, 0.1) is 0 Å². The van der Waals surface area contributed by atoms with Gasteiger partial charge in [0.2, 0.25) is 0 Å². The van der Waals surface area contributed by atoms with Gasteiger partial charge in [0.1, 0.15) is 0 Å². The second kappa shape index (κ2) is 4.68. The minimum absolute atomic E-state index is 0.577. The van der Waals surface area contributed by atoms with E-state index in [0.29, 0.717) is 6.04 Å². The van der Waals surface area contributed by atoms with Gasteiger partial charge in [-0.2, -0.15) is 0 Å². The molecule has 1 aromatic carbocycles. The molecule has 0 aromatic heterocycles.